The molecule has 0 saturated carbocycles. The fourth-order valence-corrected chi connectivity index (χ4v) is 4.76. The Hall–Kier alpha value is -2.05. The van der Waals surface area contributed by atoms with Crippen molar-refractivity contribution in [3.05, 3.63) is 35.8 Å². The van der Waals surface area contributed by atoms with Crippen molar-refractivity contribution in [1.82, 2.24) is 15.0 Å². The van der Waals surface area contributed by atoms with E-state index in [1.54, 1.807) is 17.7 Å². The van der Waals surface area contributed by atoms with E-state index in [1.807, 2.05) is 6.08 Å². The molecule has 0 amide bonds. The molecule has 136 valence electrons. The van der Waals surface area contributed by atoms with Crippen LogP contribution in [-0.2, 0) is 24.2 Å². The summed E-state index contributed by atoms with van der Waals surface area (Å²) >= 11 is 1.68. The maximum atomic E-state index is 6.10. The number of thiophene rings is 1. The van der Waals surface area contributed by atoms with Crippen LogP contribution in [0.3, 0.4) is 0 Å². The van der Waals surface area contributed by atoms with Gasteiger partial charge in [0, 0.05) is 29.6 Å². The topological polar surface area (TPSA) is 59.9 Å². The third-order valence-electron chi connectivity index (χ3n) is 4.81. The van der Waals surface area contributed by atoms with Gasteiger partial charge in [-0.2, -0.15) is 0 Å². The van der Waals surface area contributed by atoms with Crippen LogP contribution in [0.1, 0.15) is 44.0 Å². The minimum atomic E-state index is -0.171. The molecule has 1 N–H and O–H groups in total. The second-order valence-corrected chi connectivity index (χ2v) is 8.34. The van der Waals surface area contributed by atoms with Gasteiger partial charge in [-0.3, -0.25) is 0 Å². The maximum absolute atomic E-state index is 6.10. The number of anilines is 1. The summed E-state index contributed by atoms with van der Waals surface area (Å²) in [5, 5.41) is 4.50. The molecular weight excluding hydrogens is 344 g/mol. The number of nitrogens with one attached hydrogen (secondary N) is 1. The average Bonchev–Trinajstić information content (AvgIpc) is 2.98. The van der Waals surface area contributed by atoms with E-state index in [0.29, 0.717) is 13.2 Å². The molecule has 0 spiro atoms. The highest BCUT2D eigenvalue weighted by molar-refractivity contribution is 7.26. The Morgan fingerprint density at radius 2 is 2.19 bits per heavy atom. The molecule has 3 aromatic rings. The van der Waals surface area contributed by atoms with Gasteiger partial charge in [-0.15, -0.1) is 17.9 Å². The van der Waals surface area contributed by atoms with Crippen LogP contribution in [0.4, 0.5) is 5.82 Å². The van der Waals surface area contributed by atoms with Gasteiger partial charge in [0.05, 0.1) is 22.4 Å². The van der Waals surface area contributed by atoms with E-state index in [4.69, 9.17) is 9.72 Å². The highest BCUT2D eigenvalue weighted by atomic mass is 32.1. The molecule has 0 radical (unpaired) electrons. The van der Waals surface area contributed by atoms with Gasteiger partial charge in [0.1, 0.15) is 17.0 Å². The highest BCUT2D eigenvalue weighted by Crippen LogP contribution is 2.42. The van der Waals surface area contributed by atoms with E-state index in [1.165, 1.54) is 22.2 Å². The van der Waals surface area contributed by atoms with Gasteiger partial charge in [-0.1, -0.05) is 19.4 Å². The predicted molar refractivity (Wildman–Crippen MR) is 108 cm³/mol. The fourth-order valence-electron chi connectivity index (χ4n) is 3.61. The first-order valence-electron chi connectivity index (χ1n) is 9.10. The molecule has 0 aromatic carbocycles. The molecule has 0 aliphatic carbocycles. The lowest BCUT2D eigenvalue weighted by molar-refractivity contribution is -0.0401. The van der Waals surface area contributed by atoms with Crippen LogP contribution in [0.5, 0.6) is 0 Å². The zero-order chi connectivity index (χ0) is 18.3. The summed E-state index contributed by atoms with van der Waals surface area (Å²) < 4.78 is 7.17. The Morgan fingerprint density at radius 3 is 2.96 bits per heavy atom. The van der Waals surface area contributed by atoms with Gasteiger partial charge in [-0.25, -0.2) is 15.0 Å². The third kappa shape index (κ3) is 2.87. The quantitative estimate of drug-likeness (QED) is 0.665. The monoisotopic (exact) mass is 368 g/mol. The van der Waals surface area contributed by atoms with Gasteiger partial charge < -0.3 is 10.1 Å². The number of aromatic nitrogens is 3. The van der Waals surface area contributed by atoms with Crippen LogP contribution in [0.25, 0.3) is 20.4 Å². The van der Waals surface area contributed by atoms with Crippen molar-refractivity contribution >= 4 is 37.6 Å². The largest absolute Gasteiger partial charge is 0.370 e. The number of hydrogen-bond donors (Lipinski definition) is 1. The molecule has 26 heavy (non-hydrogen) atoms. The van der Waals surface area contributed by atoms with E-state index in [2.05, 4.69) is 42.6 Å². The molecule has 1 aliphatic heterocycles. The smallest absolute Gasteiger partial charge is 0.147 e. The minimum absolute atomic E-state index is 0.171. The second-order valence-electron chi connectivity index (χ2n) is 7.34. The van der Waals surface area contributed by atoms with E-state index >= 15 is 0 Å². The normalized spacial score (nSPS) is 16.0. The molecule has 1 aliphatic rings. The van der Waals surface area contributed by atoms with E-state index in [-0.39, 0.29) is 5.60 Å². The first-order chi connectivity index (χ1) is 12.5. The second kappa shape index (κ2) is 6.59. The standard InChI is InChI=1S/C20H24N4OS/c1-5-7-14-13-10-25-20(3,4)9-12(13)15-16-17(26-19(15)24-14)18(21-8-6-2)23-11-22-16/h6,11H,2,5,7-10H2,1,3-4H3,(H,21,22,23). The van der Waals surface area contributed by atoms with Crippen LogP contribution in [0.2, 0.25) is 0 Å². The summed E-state index contributed by atoms with van der Waals surface area (Å²) in [4.78, 5) is 15.1. The number of nitrogens with zero attached hydrogens (tertiary/aromatic N) is 3. The van der Waals surface area contributed by atoms with Crippen LogP contribution in [-0.4, -0.2) is 27.1 Å². The Kier molecular flexibility index (Phi) is 4.40. The lowest BCUT2D eigenvalue weighted by Crippen LogP contribution is -2.32. The van der Waals surface area contributed by atoms with Crippen LogP contribution in [0.15, 0.2) is 19.0 Å². The summed E-state index contributed by atoms with van der Waals surface area (Å²) in [5.41, 5.74) is 4.62. The Labute approximate surface area is 157 Å². The zero-order valence-corrected chi connectivity index (χ0v) is 16.4. The molecule has 0 atom stereocenters. The van der Waals surface area contributed by atoms with Crippen molar-refractivity contribution < 1.29 is 4.74 Å². The highest BCUT2D eigenvalue weighted by Gasteiger charge is 2.31. The van der Waals surface area contributed by atoms with Crippen molar-refractivity contribution in [1.29, 1.82) is 0 Å². The number of ether oxygens (including phenoxy) is 1. The molecule has 4 heterocycles. The van der Waals surface area contributed by atoms with Crippen LogP contribution in [0, 0.1) is 0 Å². The van der Waals surface area contributed by atoms with Gasteiger partial charge in [0.15, 0.2) is 0 Å². The maximum Gasteiger partial charge on any atom is 0.147 e. The van der Waals surface area contributed by atoms with E-state index in [9.17, 15) is 0 Å². The molecule has 5 nitrogen and oxygen atoms in total. The Bertz CT molecular complexity index is 993. The fraction of sp³-hybridized carbons (Fsp3) is 0.450. The summed E-state index contributed by atoms with van der Waals surface area (Å²) in [6.45, 7) is 11.6. The van der Waals surface area contributed by atoms with Crippen molar-refractivity contribution in [2.45, 2.75) is 52.2 Å². The number of hydrogen-bond acceptors (Lipinski definition) is 6. The van der Waals surface area contributed by atoms with Crippen LogP contribution >= 0.6 is 11.3 Å². The van der Waals surface area contributed by atoms with Crippen molar-refractivity contribution in [2.24, 2.45) is 0 Å². The van der Waals surface area contributed by atoms with Crippen molar-refractivity contribution in [2.75, 3.05) is 11.9 Å². The summed E-state index contributed by atoms with van der Waals surface area (Å²) in [6.07, 6.45) is 6.40. The number of fused-ring (bicyclic) bond motifs is 5. The van der Waals surface area contributed by atoms with Crippen LogP contribution < -0.4 is 5.32 Å². The lowest BCUT2D eigenvalue weighted by atomic mass is 9.88. The first-order valence-corrected chi connectivity index (χ1v) is 9.92. The number of aryl methyl sites for hydroxylation is 1. The summed E-state index contributed by atoms with van der Waals surface area (Å²) in [5.74, 6) is 0.856. The molecule has 0 bridgehead atoms. The van der Waals surface area contributed by atoms with Gasteiger partial charge >= 0.3 is 0 Å². The SMILES string of the molecule is C=CCNc1ncnc2c1sc1nc(CCC)c3c(c12)CC(C)(C)OC3. The molecule has 6 heteroatoms. The molecule has 4 rings (SSSR count). The van der Waals surface area contributed by atoms with Gasteiger partial charge in [0.2, 0.25) is 0 Å². The molecule has 0 unspecified atom stereocenters. The molecule has 0 fully saturated rings. The first kappa shape index (κ1) is 17.4. The Balaban J connectivity index is 2.01. The Morgan fingerprint density at radius 1 is 1.35 bits per heavy atom. The molecular formula is C20H24N4OS. The minimum Gasteiger partial charge on any atom is -0.370 e. The van der Waals surface area contributed by atoms with E-state index < -0.39 is 0 Å². The third-order valence-corrected chi connectivity index (χ3v) is 5.89. The summed E-state index contributed by atoms with van der Waals surface area (Å²) in [7, 11) is 0. The van der Waals surface area contributed by atoms with E-state index in [0.717, 1.165) is 40.1 Å². The molecule has 0 saturated heterocycles. The lowest BCUT2D eigenvalue weighted by Gasteiger charge is -2.33. The van der Waals surface area contributed by atoms with Crippen molar-refractivity contribution in [3.63, 3.8) is 0 Å². The van der Waals surface area contributed by atoms with Gasteiger partial charge in [0.25, 0.3) is 0 Å². The summed E-state index contributed by atoms with van der Waals surface area (Å²) in [6, 6.07) is 0. The number of rotatable bonds is 5. The predicted octanol–water partition coefficient (Wildman–Crippen LogP) is 4.64. The van der Waals surface area contributed by atoms with Crippen molar-refractivity contribution in [3.8, 4) is 0 Å². The number of pyridine rings is 1. The zero-order valence-electron chi connectivity index (χ0n) is 15.6. The average molecular weight is 369 g/mol. The molecule has 3 aromatic heterocycles. The van der Waals surface area contributed by atoms with Gasteiger partial charge in [-0.05, 0) is 25.8 Å².